The van der Waals surface area contributed by atoms with Gasteiger partial charge in [0.15, 0.2) is 0 Å². The maximum Gasteiger partial charge on any atom is 0.253 e. The van der Waals surface area contributed by atoms with Crippen molar-refractivity contribution >= 4 is 27.7 Å². The van der Waals surface area contributed by atoms with Gasteiger partial charge in [-0.05, 0) is 37.1 Å². The van der Waals surface area contributed by atoms with Gasteiger partial charge in [0.2, 0.25) is 5.91 Å². The van der Waals surface area contributed by atoms with E-state index in [1.807, 2.05) is 30.0 Å². The minimum Gasteiger partial charge on any atom is -0.341 e. The summed E-state index contributed by atoms with van der Waals surface area (Å²) in [5, 5.41) is 0. The van der Waals surface area contributed by atoms with Crippen molar-refractivity contribution in [1.82, 2.24) is 9.80 Å². The molecule has 0 atom stereocenters. The van der Waals surface area contributed by atoms with Crippen LogP contribution < -0.4 is 0 Å². The van der Waals surface area contributed by atoms with Crippen molar-refractivity contribution in [3.05, 3.63) is 33.8 Å². The molecule has 108 valence electrons. The highest BCUT2D eigenvalue weighted by Crippen LogP contribution is 2.17. The summed E-state index contributed by atoms with van der Waals surface area (Å²) in [6.07, 6.45) is 0.832. The number of hydrogen-bond acceptors (Lipinski definition) is 2. The lowest BCUT2D eigenvalue weighted by atomic mass is 10.1. The summed E-state index contributed by atoms with van der Waals surface area (Å²) >= 11 is 3.43. The highest BCUT2D eigenvalue weighted by atomic mass is 79.9. The average Bonchev–Trinajstić information content (AvgIpc) is 2.62. The first kappa shape index (κ1) is 15.0. The monoisotopic (exact) mass is 338 g/mol. The largest absolute Gasteiger partial charge is 0.341 e. The number of halogens is 1. The Hall–Kier alpha value is -1.36. The number of nitrogens with zero attached hydrogens (tertiary/aromatic N) is 2. The number of benzene rings is 1. The first-order valence-corrected chi connectivity index (χ1v) is 7.58. The molecule has 1 saturated heterocycles. The number of rotatable bonds is 1. The highest BCUT2D eigenvalue weighted by Gasteiger charge is 2.21. The Morgan fingerprint density at radius 1 is 1.05 bits per heavy atom. The Kier molecular flexibility index (Phi) is 4.81. The van der Waals surface area contributed by atoms with Crippen molar-refractivity contribution in [2.75, 3.05) is 26.2 Å². The average molecular weight is 339 g/mol. The van der Waals surface area contributed by atoms with E-state index in [1.165, 1.54) is 0 Å². The molecule has 1 aromatic rings. The van der Waals surface area contributed by atoms with Crippen molar-refractivity contribution in [2.24, 2.45) is 0 Å². The Balaban J connectivity index is 2.11. The quantitative estimate of drug-likeness (QED) is 0.789. The van der Waals surface area contributed by atoms with Crippen LogP contribution >= 0.6 is 15.9 Å². The standard InChI is InChI=1S/C15H19BrN2O2/c1-11-8-13(10-14(16)9-11)15(20)18-5-3-4-17(6-7-18)12(2)19/h8-10H,3-7H2,1-2H3. The topological polar surface area (TPSA) is 40.6 Å². The Bertz CT molecular complexity index is 510. The fourth-order valence-electron chi connectivity index (χ4n) is 2.48. The number of carbonyl (C=O) groups excluding carboxylic acids is 2. The maximum absolute atomic E-state index is 12.5. The van der Waals surface area contributed by atoms with Crippen molar-refractivity contribution in [3.8, 4) is 0 Å². The van der Waals surface area contributed by atoms with Crippen molar-refractivity contribution in [2.45, 2.75) is 20.3 Å². The fourth-order valence-corrected chi connectivity index (χ4v) is 3.09. The van der Waals surface area contributed by atoms with E-state index in [0.29, 0.717) is 25.2 Å². The van der Waals surface area contributed by atoms with E-state index < -0.39 is 0 Å². The number of amides is 2. The zero-order valence-corrected chi connectivity index (χ0v) is 13.4. The van der Waals surface area contributed by atoms with Crippen LogP contribution in [0.1, 0.15) is 29.3 Å². The minimum atomic E-state index is 0.0415. The lowest BCUT2D eigenvalue weighted by Gasteiger charge is -2.21. The predicted molar refractivity (Wildman–Crippen MR) is 81.7 cm³/mol. The van der Waals surface area contributed by atoms with Gasteiger partial charge in [0.25, 0.3) is 5.91 Å². The molecule has 0 aromatic heterocycles. The Morgan fingerprint density at radius 3 is 2.35 bits per heavy atom. The van der Waals surface area contributed by atoms with E-state index in [9.17, 15) is 9.59 Å². The molecule has 5 heteroatoms. The molecule has 0 N–H and O–H groups in total. The normalized spacial score (nSPS) is 15.9. The van der Waals surface area contributed by atoms with E-state index in [-0.39, 0.29) is 11.8 Å². The smallest absolute Gasteiger partial charge is 0.253 e. The lowest BCUT2D eigenvalue weighted by molar-refractivity contribution is -0.128. The zero-order chi connectivity index (χ0) is 14.7. The summed E-state index contributed by atoms with van der Waals surface area (Å²) in [6.45, 7) is 6.21. The van der Waals surface area contributed by atoms with Gasteiger partial charge in [-0.15, -0.1) is 0 Å². The second kappa shape index (κ2) is 6.39. The van der Waals surface area contributed by atoms with Crippen LogP contribution in [0.25, 0.3) is 0 Å². The maximum atomic E-state index is 12.5. The molecule has 0 bridgehead atoms. The van der Waals surface area contributed by atoms with Crippen LogP contribution in [0.2, 0.25) is 0 Å². The number of aryl methyl sites for hydroxylation is 1. The van der Waals surface area contributed by atoms with Crippen LogP contribution in [0.5, 0.6) is 0 Å². The van der Waals surface area contributed by atoms with Gasteiger partial charge >= 0.3 is 0 Å². The molecular weight excluding hydrogens is 320 g/mol. The van der Waals surface area contributed by atoms with Crippen LogP contribution in [0.15, 0.2) is 22.7 Å². The molecule has 0 radical (unpaired) electrons. The summed E-state index contributed by atoms with van der Waals surface area (Å²) in [5.41, 5.74) is 1.76. The Labute approximate surface area is 127 Å². The van der Waals surface area contributed by atoms with Crippen LogP contribution in [-0.4, -0.2) is 47.8 Å². The minimum absolute atomic E-state index is 0.0415. The molecule has 0 spiro atoms. The van der Waals surface area contributed by atoms with E-state index in [4.69, 9.17) is 0 Å². The molecule has 1 aliphatic heterocycles. The number of hydrogen-bond donors (Lipinski definition) is 0. The third kappa shape index (κ3) is 3.60. The molecule has 0 unspecified atom stereocenters. The lowest BCUT2D eigenvalue weighted by Crippen LogP contribution is -2.36. The first-order chi connectivity index (χ1) is 9.47. The molecular formula is C15H19BrN2O2. The number of carbonyl (C=O) groups is 2. The van der Waals surface area contributed by atoms with Gasteiger partial charge in [-0.2, -0.15) is 0 Å². The summed E-state index contributed by atoms with van der Waals surface area (Å²) < 4.78 is 0.918. The molecule has 0 aliphatic carbocycles. The van der Waals surface area contributed by atoms with E-state index in [2.05, 4.69) is 15.9 Å². The van der Waals surface area contributed by atoms with Crippen LogP contribution in [0.3, 0.4) is 0 Å². The Morgan fingerprint density at radius 2 is 1.70 bits per heavy atom. The molecule has 4 nitrogen and oxygen atoms in total. The second-order valence-electron chi connectivity index (χ2n) is 5.17. The molecule has 2 amide bonds. The summed E-state index contributed by atoms with van der Waals surface area (Å²) in [5.74, 6) is 0.123. The van der Waals surface area contributed by atoms with Crippen molar-refractivity contribution in [1.29, 1.82) is 0 Å². The van der Waals surface area contributed by atoms with Gasteiger partial charge in [0, 0.05) is 43.1 Å². The fraction of sp³-hybridized carbons (Fsp3) is 0.467. The van der Waals surface area contributed by atoms with E-state index >= 15 is 0 Å². The van der Waals surface area contributed by atoms with Gasteiger partial charge in [0.05, 0.1) is 0 Å². The van der Waals surface area contributed by atoms with E-state index in [0.717, 1.165) is 23.0 Å². The van der Waals surface area contributed by atoms with Crippen LogP contribution in [0, 0.1) is 6.92 Å². The molecule has 1 aliphatic rings. The van der Waals surface area contributed by atoms with Gasteiger partial charge in [0.1, 0.15) is 0 Å². The van der Waals surface area contributed by atoms with Gasteiger partial charge < -0.3 is 9.80 Å². The molecule has 1 fully saturated rings. The first-order valence-electron chi connectivity index (χ1n) is 6.79. The molecule has 1 heterocycles. The summed E-state index contributed by atoms with van der Waals surface area (Å²) in [7, 11) is 0. The second-order valence-corrected chi connectivity index (χ2v) is 6.08. The molecule has 20 heavy (non-hydrogen) atoms. The third-order valence-corrected chi connectivity index (χ3v) is 3.98. The SMILES string of the molecule is CC(=O)N1CCCN(C(=O)c2cc(C)cc(Br)c2)CC1. The van der Waals surface area contributed by atoms with Gasteiger partial charge in [-0.3, -0.25) is 9.59 Å². The summed E-state index contributed by atoms with van der Waals surface area (Å²) in [6, 6.07) is 5.74. The molecule has 0 saturated carbocycles. The van der Waals surface area contributed by atoms with Gasteiger partial charge in [-0.25, -0.2) is 0 Å². The van der Waals surface area contributed by atoms with Crippen LogP contribution in [-0.2, 0) is 4.79 Å². The van der Waals surface area contributed by atoms with Crippen LogP contribution in [0.4, 0.5) is 0 Å². The van der Waals surface area contributed by atoms with Gasteiger partial charge in [-0.1, -0.05) is 15.9 Å². The highest BCUT2D eigenvalue weighted by molar-refractivity contribution is 9.10. The molecule has 2 rings (SSSR count). The van der Waals surface area contributed by atoms with E-state index in [1.54, 1.807) is 11.8 Å². The third-order valence-electron chi connectivity index (χ3n) is 3.52. The van der Waals surface area contributed by atoms with Crippen molar-refractivity contribution in [3.63, 3.8) is 0 Å². The predicted octanol–water partition coefficient (Wildman–Crippen LogP) is 2.45. The molecule has 1 aromatic carbocycles. The van der Waals surface area contributed by atoms with Crippen molar-refractivity contribution < 1.29 is 9.59 Å². The zero-order valence-electron chi connectivity index (χ0n) is 11.9. The summed E-state index contributed by atoms with van der Waals surface area (Å²) in [4.78, 5) is 27.6.